The van der Waals surface area contributed by atoms with E-state index in [1.54, 1.807) is 54.6 Å². The molecule has 0 aliphatic carbocycles. The fourth-order valence-corrected chi connectivity index (χ4v) is 6.91. The SMILES string of the molecule is CCOc1ccc(N(CC(=O)N(Cc2ccc(Cl)c(Cl)c2)[C@H](Cc2ccccc2)C(=O)NC(C)C)S(=O)(=O)c2ccc(Br)cc2)cc1. The zero-order valence-electron chi connectivity index (χ0n) is 26.2. The largest absolute Gasteiger partial charge is 0.494 e. The predicted molar refractivity (Wildman–Crippen MR) is 191 cm³/mol. The van der Waals surface area contributed by atoms with Gasteiger partial charge in [0, 0.05) is 23.5 Å². The van der Waals surface area contributed by atoms with Crippen molar-refractivity contribution in [1.82, 2.24) is 10.2 Å². The minimum Gasteiger partial charge on any atom is -0.494 e. The number of nitrogens with one attached hydrogen (secondary N) is 1. The number of anilines is 1. The standard InChI is InChI=1S/C35H36BrCl2N3O5S/c1-4-46-29-15-13-28(14-16-29)41(47(44,45)30-17-11-27(36)12-18-30)23-34(42)40(22-26-10-19-31(37)32(38)20-26)33(35(43)39-24(2)3)21-25-8-6-5-7-9-25/h5-20,24,33H,4,21-23H2,1-3H3,(H,39,43)/t33-/m1/s1. The number of rotatable bonds is 14. The number of carbonyl (C=O) groups excluding carboxylic acids is 2. The molecule has 4 aromatic carbocycles. The first kappa shape index (κ1) is 36.3. The van der Waals surface area contributed by atoms with Crippen LogP contribution in [0, 0.1) is 0 Å². The van der Waals surface area contributed by atoms with E-state index in [0.717, 1.165) is 9.87 Å². The summed E-state index contributed by atoms with van der Waals surface area (Å²) in [7, 11) is -4.25. The number of nitrogens with zero attached hydrogens (tertiary/aromatic N) is 2. The van der Waals surface area contributed by atoms with Crippen LogP contribution in [0.15, 0.2) is 106 Å². The van der Waals surface area contributed by atoms with Crippen molar-refractivity contribution in [2.75, 3.05) is 17.5 Å². The Hall–Kier alpha value is -3.57. The Morgan fingerprint density at radius 2 is 1.53 bits per heavy atom. The number of benzene rings is 4. The number of amides is 2. The van der Waals surface area contributed by atoms with Crippen LogP contribution in [0.1, 0.15) is 31.9 Å². The smallest absolute Gasteiger partial charge is 0.264 e. The van der Waals surface area contributed by atoms with Crippen LogP contribution < -0.4 is 14.4 Å². The lowest BCUT2D eigenvalue weighted by Crippen LogP contribution is -2.54. The summed E-state index contributed by atoms with van der Waals surface area (Å²) in [6, 6.07) is 25.8. The van der Waals surface area contributed by atoms with Gasteiger partial charge in [-0.2, -0.15) is 0 Å². The molecule has 0 bridgehead atoms. The molecule has 0 fully saturated rings. The highest BCUT2D eigenvalue weighted by molar-refractivity contribution is 9.10. The maximum Gasteiger partial charge on any atom is 0.264 e. The fraction of sp³-hybridized carbons (Fsp3) is 0.257. The third-order valence-electron chi connectivity index (χ3n) is 7.16. The van der Waals surface area contributed by atoms with E-state index in [0.29, 0.717) is 27.4 Å². The van der Waals surface area contributed by atoms with Gasteiger partial charge in [0.15, 0.2) is 0 Å². The van der Waals surface area contributed by atoms with Crippen molar-refractivity contribution in [1.29, 1.82) is 0 Å². The fourth-order valence-electron chi connectivity index (χ4n) is 4.91. The Morgan fingerprint density at radius 1 is 0.872 bits per heavy atom. The molecule has 47 heavy (non-hydrogen) atoms. The van der Waals surface area contributed by atoms with Crippen LogP contribution in [0.5, 0.6) is 5.75 Å². The van der Waals surface area contributed by atoms with Crippen LogP contribution in [-0.2, 0) is 32.6 Å². The van der Waals surface area contributed by atoms with Crippen LogP contribution in [0.3, 0.4) is 0 Å². The molecule has 0 aromatic heterocycles. The van der Waals surface area contributed by atoms with Gasteiger partial charge in [-0.25, -0.2) is 8.42 Å². The van der Waals surface area contributed by atoms with E-state index >= 15 is 0 Å². The summed E-state index contributed by atoms with van der Waals surface area (Å²) in [5.41, 5.74) is 1.70. The van der Waals surface area contributed by atoms with Crippen LogP contribution in [0.25, 0.3) is 0 Å². The lowest BCUT2D eigenvalue weighted by atomic mass is 10.0. The minimum atomic E-state index is -4.25. The van der Waals surface area contributed by atoms with Gasteiger partial charge in [0.25, 0.3) is 10.0 Å². The quantitative estimate of drug-likeness (QED) is 0.144. The topological polar surface area (TPSA) is 96.0 Å². The van der Waals surface area contributed by atoms with Gasteiger partial charge in [-0.05, 0) is 92.6 Å². The second-order valence-electron chi connectivity index (χ2n) is 11.0. The zero-order valence-corrected chi connectivity index (χ0v) is 30.1. The molecule has 12 heteroatoms. The molecule has 0 spiro atoms. The van der Waals surface area contributed by atoms with Crippen molar-refractivity contribution in [3.8, 4) is 5.75 Å². The number of hydrogen-bond donors (Lipinski definition) is 1. The molecule has 1 N–H and O–H groups in total. The van der Waals surface area contributed by atoms with E-state index in [9.17, 15) is 18.0 Å². The second kappa shape index (κ2) is 16.5. The van der Waals surface area contributed by atoms with Gasteiger partial charge < -0.3 is 15.0 Å². The van der Waals surface area contributed by atoms with E-state index in [1.807, 2.05) is 51.1 Å². The van der Waals surface area contributed by atoms with Crippen LogP contribution in [-0.4, -0.2) is 50.4 Å². The van der Waals surface area contributed by atoms with Crippen molar-refractivity contribution in [3.05, 3.63) is 123 Å². The van der Waals surface area contributed by atoms with Gasteiger partial charge >= 0.3 is 0 Å². The highest BCUT2D eigenvalue weighted by Crippen LogP contribution is 2.29. The van der Waals surface area contributed by atoms with E-state index in [-0.39, 0.29) is 40.5 Å². The van der Waals surface area contributed by atoms with Crippen molar-refractivity contribution in [3.63, 3.8) is 0 Å². The third-order valence-corrected chi connectivity index (χ3v) is 10.2. The van der Waals surface area contributed by atoms with Gasteiger partial charge in [0.2, 0.25) is 11.8 Å². The molecule has 0 radical (unpaired) electrons. The highest BCUT2D eigenvalue weighted by atomic mass is 79.9. The van der Waals surface area contributed by atoms with E-state index in [1.165, 1.54) is 17.0 Å². The van der Waals surface area contributed by atoms with Crippen molar-refractivity contribution < 1.29 is 22.7 Å². The zero-order chi connectivity index (χ0) is 34.1. The monoisotopic (exact) mass is 759 g/mol. The number of hydrogen-bond acceptors (Lipinski definition) is 5. The van der Waals surface area contributed by atoms with E-state index in [4.69, 9.17) is 27.9 Å². The molecule has 8 nitrogen and oxygen atoms in total. The number of halogens is 3. The molecular formula is C35H36BrCl2N3O5S. The summed E-state index contributed by atoms with van der Waals surface area (Å²) in [5.74, 6) is -0.413. The third kappa shape index (κ3) is 9.73. The number of ether oxygens (including phenoxy) is 1. The predicted octanol–water partition coefficient (Wildman–Crippen LogP) is 7.51. The van der Waals surface area contributed by atoms with Crippen LogP contribution >= 0.6 is 39.1 Å². The second-order valence-corrected chi connectivity index (χ2v) is 14.6. The summed E-state index contributed by atoms with van der Waals surface area (Å²) in [6.07, 6.45) is 0.189. The first-order valence-corrected chi connectivity index (χ1v) is 18.0. The van der Waals surface area contributed by atoms with Crippen molar-refractivity contribution >= 4 is 66.7 Å². The average Bonchev–Trinajstić information content (AvgIpc) is 3.04. The van der Waals surface area contributed by atoms with Crippen LogP contribution in [0.2, 0.25) is 10.0 Å². The Labute approximate surface area is 294 Å². The molecule has 0 heterocycles. The Bertz CT molecular complexity index is 1770. The molecule has 248 valence electrons. The Kier molecular flexibility index (Phi) is 12.7. The molecule has 2 amide bonds. The molecular weight excluding hydrogens is 725 g/mol. The lowest BCUT2D eigenvalue weighted by molar-refractivity contribution is -0.140. The first-order valence-electron chi connectivity index (χ1n) is 15.0. The van der Waals surface area contributed by atoms with Crippen molar-refractivity contribution in [2.24, 2.45) is 0 Å². The van der Waals surface area contributed by atoms with Crippen LogP contribution in [0.4, 0.5) is 5.69 Å². The number of sulfonamides is 1. The molecule has 1 atom stereocenters. The number of carbonyl (C=O) groups is 2. The first-order chi connectivity index (χ1) is 22.4. The lowest BCUT2D eigenvalue weighted by Gasteiger charge is -2.34. The minimum absolute atomic E-state index is 0.00296. The maximum absolute atomic E-state index is 14.6. The van der Waals surface area contributed by atoms with Gasteiger partial charge in [0.1, 0.15) is 18.3 Å². The van der Waals surface area contributed by atoms with Gasteiger partial charge in [-0.3, -0.25) is 13.9 Å². The molecule has 0 saturated carbocycles. The normalized spacial score (nSPS) is 12.0. The molecule has 0 unspecified atom stereocenters. The Morgan fingerprint density at radius 3 is 2.13 bits per heavy atom. The van der Waals surface area contributed by atoms with Gasteiger partial charge in [-0.1, -0.05) is 75.5 Å². The highest BCUT2D eigenvalue weighted by Gasteiger charge is 2.35. The molecule has 0 aliphatic rings. The summed E-state index contributed by atoms with van der Waals surface area (Å²) >= 11 is 15.9. The summed E-state index contributed by atoms with van der Waals surface area (Å²) < 4.78 is 35.7. The molecule has 0 saturated heterocycles. The molecule has 4 aromatic rings. The molecule has 0 aliphatic heterocycles. The average molecular weight is 762 g/mol. The van der Waals surface area contributed by atoms with Crippen molar-refractivity contribution in [2.45, 2.75) is 50.7 Å². The maximum atomic E-state index is 14.6. The Balaban J connectivity index is 1.82. The molecule has 4 rings (SSSR count). The van der Waals surface area contributed by atoms with Gasteiger partial charge in [0.05, 0.1) is 27.2 Å². The summed E-state index contributed by atoms with van der Waals surface area (Å²) in [5, 5.41) is 3.57. The van der Waals surface area contributed by atoms with E-state index < -0.39 is 28.5 Å². The summed E-state index contributed by atoms with van der Waals surface area (Å²) in [4.78, 5) is 29.8. The van der Waals surface area contributed by atoms with E-state index in [2.05, 4.69) is 21.2 Å². The van der Waals surface area contributed by atoms with Gasteiger partial charge in [-0.15, -0.1) is 0 Å². The summed E-state index contributed by atoms with van der Waals surface area (Å²) in [6.45, 7) is 5.33.